The second-order valence-corrected chi connectivity index (χ2v) is 6.22. The number of amides is 1. The zero-order chi connectivity index (χ0) is 17.8. The van der Waals surface area contributed by atoms with E-state index in [9.17, 15) is 4.79 Å². The lowest BCUT2D eigenvalue weighted by Crippen LogP contribution is -2.43. The Morgan fingerprint density at radius 3 is 2.46 bits per heavy atom. The molecule has 1 N–H and O–H groups in total. The van der Waals surface area contributed by atoms with Crippen LogP contribution < -0.4 is 10.1 Å². The lowest BCUT2D eigenvalue weighted by atomic mass is 9.96. The van der Waals surface area contributed by atoms with Crippen LogP contribution in [0.4, 0.5) is 5.69 Å². The molecule has 1 aromatic rings. The number of rotatable bonds is 12. The van der Waals surface area contributed by atoms with Crippen molar-refractivity contribution in [3.8, 4) is 5.88 Å². The zero-order valence-electron chi connectivity index (χ0n) is 15.6. The molecule has 0 spiro atoms. The molecule has 0 radical (unpaired) electrons. The molecule has 0 bridgehead atoms. The summed E-state index contributed by atoms with van der Waals surface area (Å²) in [6, 6.07) is 3.58. The molecule has 24 heavy (non-hydrogen) atoms. The Balaban J connectivity index is 2.68. The Morgan fingerprint density at radius 2 is 1.88 bits per heavy atom. The number of nitrogens with one attached hydrogen (secondary N) is 1. The van der Waals surface area contributed by atoms with Gasteiger partial charge in [0.05, 0.1) is 18.5 Å². The molecular weight excluding hydrogens is 304 g/mol. The van der Waals surface area contributed by atoms with E-state index in [0.29, 0.717) is 24.8 Å². The van der Waals surface area contributed by atoms with Crippen molar-refractivity contribution in [3.05, 3.63) is 18.3 Å². The van der Waals surface area contributed by atoms with Crippen LogP contribution in [0.15, 0.2) is 18.3 Å². The van der Waals surface area contributed by atoms with Crippen molar-refractivity contribution in [1.82, 2.24) is 4.98 Å². The first kappa shape index (κ1) is 20.4. The Kier molecular flexibility index (Phi) is 9.38. The average molecular weight is 336 g/mol. The van der Waals surface area contributed by atoms with Gasteiger partial charge in [-0.2, -0.15) is 0 Å². The lowest BCUT2D eigenvalue weighted by molar-refractivity contribution is -0.140. The van der Waals surface area contributed by atoms with Gasteiger partial charge in [-0.05, 0) is 32.3 Å². The van der Waals surface area contributed by atoms with Crippen molar-refractivity contribution in [2.45, 2.75) is 71.8 Å². The van der Waals surface area contributed by atoms with Crippen molar-refractivity contribution in [3.63, 3.8) is 0 Å². The fourth-order valence-corrected chi connectivity index (χ4v) is 2.30. The number of aromatic nitrogens is 1. The molecule has 136 valence electrons. The summed E-state index contributed by atoms with van der Waals surface area (Å²) in [6.07, 6.45) is 7.36. The molecule has 0 aliphatic heterocycles. The maximum absolute atomic E-state index is 12.7. The minimum atomic E-state index is -0.803. The van der Waals surface area contributed by atoms with E-state index in [1.165, 1.54) is 0 Å². The topological polar surface area (TPSA) is 60.5 Å². The van der Waals surface area contributed by atoms with Crippen molar-refractivity contribution in [2.75, 3.05) is 18.5 Å². The highest BCUT2D eigenvalue weighted by molar-refractivity contribution is 5.96. The highest BCUT2D eigenvalue weighted by atomic mass is 16.5. The summed E-state index contributed by atoms with van der Waals surface area (Å²) in [6.45, 7) is 9.34. The highest BCUT2D eigenvalue weighted by Crippen LogP contribution is 2.23. The van der Waals surface area contributed by atoms with E-state index in [1.807, 2.05) is 26.8 Å². The molecule has 1 atom stereocenters. The summed E-state index contributed by atoms with van der Waals surface area (Å²) in [5, 5.41) is 2.92. The highest BCUT2D eigenvalue weighted by Gasteiger charge is 2.33. The van der Waals surface area contributed by atoms with Crippen LogP contribution in [-0.4, -0.2) is 29.7 Å². The maximum atomic E-state index is 12.7. The van der Waals surface area contributed by atoms with E-state index in [-0.39, 0.29) is 5.91 Å². The number of ether oxygens (including phenoxy) is 2. The standard InChI is InChI=1S/C19H32N2O3/c1-5-8-9-12-19(4,24-14-7-3)18(22)21-16-10-11-17(20-15-16)23-13-6-2/h10-11,15H,5-9,12-14H2,1-4H3,(H,21,22). The smallest absolute Gasteiger partial charge is 0.256 e. The molecule has 1 unspecified atom stereocenters. The average Bonchev–Trinajstić information content (AvgIpc) is 2.59. The molecular formula is C19H32N2O3. The van der Waals surface area contributed by atoms with Crippen LogP contribution in [-0.2, 0) is 9.53 Å². The lowest BCUT2D eigenvalue weighted by Gasteiger charge is -2.28. The van der Waals surface area contributed by atoms with Gasteiger partial charge in [0.1, 0.15) is 5.60 Å². The predicted molar refractivity (Wildman–Crippen MR) is 97.4 cm³/mol. The van der Waals surface area contributed by atoms with E-state index in [0.717, 1.165) is 38.5 Å². The molecule has 1 heterocycles. The number of carbonyl (C=O) groups is 1. The second-order valence-electron chi connectivity index (χ2n) is 6.22. The SMILES string of the molecule is CCCCCC(C)(OCCC)C(=O)Nc1ccc(OCCC)nc1. The summed E-state index contributed by atoms with van der Waals surface area (Å²) in [5.41, 5.74) is -0.145. The van der Waals surface area contributed by atoms with Crippen LogP contribution in [0, 0.1) is 0 Å². The molecule has 0 aromatic carbocycles. The Labute approximate surface area is 146 Å². The van der Waals surface area contributed by atoms with E-state index in [2.05, 4.69) is 17.2 Å². The minimum absolute atomic E-state index is 0.115. The monoisotopic (exact) mass is 336 g/mol. The van der Waals surface area contributed by atoms with E-state index in [1.54, 1.807) is 12.3 Å². The van der Waals surface area contributed by atoms with Gasteiger partial charge in [-0.3, -0.25) is 4.79 Å². The van der Waals surface area contributed by atoms with Crippen LogP contribution in [0.5, 0.6) is 5.88 Å². The number of hydrogen-bond donors (Lipinski definition) is 1. The third-order valence-electron chi connectivity index (χ3n) is 3.81. The molecule has 5 heteroatoms. The van der Waals surface area contributed by atoms with Gasteiger partial charge in [-0.25, -0.2) is 4.98 Å². The van der Waals surface area contributed by atoms with Crippen molar-refractivity contribution in [2.24, 2.45) is 0 Å². The molecule has 0 aliphatic rings. The first-order chi connectivity index (χ1) is 11.6. The van der Waals surface area contributed by atoms with Crippen LogP contribution in [0.25, 0.3) is 0 Å². The molecule has 1 aromatic heterocycles. The predicted octanol–water partition coefficient (Wildman–Crippen LogP) is 4.57. The number of hydrogen-bond acceptors (Lipinski definition) is 4. The van der Waals surface area contributed by atoms with Crippen LogP contribution >= 0.6 is 0 Å². The van der Waals surface area contributed by atoms with E-state index in [4.69, 9.17) is 9.47 Å². The summed E-state index contributed by atoms with van der Waals surface area (Å²) < 4.78 is 11.3. The quantitative estimate of drug-likeness (QED) is 0.568. The number of carbonyl (C=O) groups excluding carboxylic acids is 1. The summed E-state index contributed by atoms with van der Waals surface area (Å²) >= 11 is 0. The van der Waals surface area contributed by atoms with Crippen molar-refractivity contribution >= 4 is 11.6 Å². The third-order valence-corrected chi connectivity index (χ3v) is 3.81. The van der Waals surface area contributed by atoms with E-state index >= 15 is 0 Å². The van der Waals surface area contributed by atoms with Gasteiger partial charge in [0.15, 0.2) is 0 Å². The van der Waals surface area contributed by atoms with Crippen LogP contribution in [0.2, 0.25) is 0 Å². The molecule has 5 nitrogen and oxygen atoms in total. The fraction of sp³-hybridized carbons (Fsp3) is 0.684. The molecule has 0 saturated heterocycles. The summed E-state index contributed by atoms with van der Waals surface area (Å²) in [4.78, 5) is 16.9. The van der Waals surface area contributed by atoms with Crippen molar-refractivity contribution in [1.29, 1.82) is 0 Å². The largest absolute Gasteiger partial charge is 0.478 e. The fourth-order valence-electron chi connectivity index (χ4n) is 2.30. The normalized spacial score (nSPS) is 13.3. The molecule has 1 rings (SSSR count). The zero-order valence-corrected chi connectivity index (χ0v) is 15.6. The number of pyridine rings is 1. The van der Waals surface area contributed by atoms with Gasteiger partial charge in [0.2, 0.25) is 5.88 Å². The Morgan fingerprint density at radius 1 is 1.12 bits per heavy atom. The third kappa shape index (κ3) is 6.87. The van der Waals surface area contributed by atoms with Gasteiger partial charge in [0.25, 0.3) is 5.91 Å². The number of unbranched alkanes of at least 4 members (excludes halogenated alkanes) is 2. The second kappa shape index (κ2) is 11.0. The molecule has 1 amide bonds. The Bertz CT molecular complexity index is 476. The number of anilines is 1. The first-order valence-electron chi connectivity index (χ1n) is 9.10. The van der Waals surface area contributed by atoms with Gasteiger partial charge in [-0.1, -0.05) is 40.0 Å². The van der Waals surface area contributed by atoms with Gasteiger partial charge < -0.3 is 14.8 Å². The molecule has 0 aliphatic carbocycles. The minimum Gasteiger partial charge on any atom is -0.478 e. The maximum Gasteiger partial charge on any atom is 0.256 e. The number of nitrogens with zero attached hydrogens (tertiary/aromatic N) is 1. The molecule has 0 fully saturated rings. The van der Waals surface area contributed by atoms with E-state index < -0.39 is 5.60 Å². The van der Waals surface area contributed by atoms with Gasteiger partial charge in [0, 0.05) is 12.7 Å². The van der Waals surface area contributed by atoms with Crippen LogP contribution in [0.1, 0.15) is 66.2 Å². The van der Waals surface area contributed by atoms with Crippen molar-refractivity contribution < 1.29 is 14.3 Å². The summed E-state index contributed by atoms with van der Waals surface area (Å²) in [7, 11) is 0. The van der Waals surface area contributed by atoms with Gasteiger partial charge in [-0.15, -0.1) is 0 Å². The van der Waals surface area contributed by atoms with Gasteiger partial charge >= 0.3 is 0 Å². The van der Waals surface area contributed by atoms with Crippen LogP contribution in [0.3, 0.4) is 0 Å². The molecule has 0 saturated carbocycles. The summed E-state index contributed by atoms with van der Waals surface area (Å²) in [5.74, 6) is 0.457. The first-order valence-corrected chi connectivity index (χ1v) is 9.10. The Hall–Kier alpha value is -1.62.